The molecule has 0 unspecified atom stereocenters. The van der Waals surface area contributed by atoms with Crippen LogP contribution in [0.2, 0.25) is 0 Å². The van der Waals surface area contributed by atoms with Crippen molar-refractivity contribution in [2.75, 3.05) is 44.2 Å². The van der Waals surface area contributed by atoms with Crippen molar-refractivity contribution in [2.24, 2.45) is 5.41 Å². The van der Waals surface area contributed by atoms with Crippen molar-refractivity contribution in [2.45, 2.75) is 54.0 Å². The molecule has 161 valence electrons. The zero-order valence-electron chi connectivity index (χ0n) is 19.3. The van der Waals surface area contributed by atoms with E-state index in [1.165, 1.54) is 35.1 Å². The van der Waals surface area contributed by atoms with Gasteiger partial charge in [-0.15, -0.1) is 0 Å². The Morgan fingerprint density at radius 3 is 2.33 bits per heavy atom. The Hall–Kier alpha value is -1.98. The van der Waals surface area contributed by atoms with Crippen LogP contribution in [0.5, 0.6) is 0 Å². The number of likely N-dealkylation sites (tertiary alicyclic amines) is 1. The lowest BCUT2D eigenvalue weighted by Gasteiger charge is -2.39. The number of hydrogen-bond acceptors (Lipinski definition) is 4. The quantitative estimate of drug-likeness (QED) is 0.766. The molecular weight excluding hydrogens is 370 g/mol. The first kappa shape index (κ1) is 21.3. The van der Waals surface area contributed by atoms with Crippen molar-refractivity contribution >= 4 is 5.82 Å². The molecule has 0 N–H and O–H groups in total. The molecule has 3 heterocycles. The molecule has 5 heteroatoms. The van der Waals surface area contributed by atoms with Gasteiger partial charge in [-0.1, -0.05) is 32.0 Å². The Morgan fingerprint density at radius 2 is 1.67 bits per heavy atom. The molecule has 0 amide bonds. The molecule has 1 radical (unpaired) electrons. The Labute approximate surface area is 181 Å². The van der Waals surface area contributed by atoms with Crippen LogP contribution in [0.4, 0.5) is 5.82 Å². The topological polar surface area (TPSA) is 46.4 Å². The van der Waals surface area contributed by atoms with E-state index in [4.69, 9.17) is 9.97 Å². The minimum atomic E-state index is 0.384. The summed E-state index contributed by atoms with van der Waals surface area (Å²) in [5, 5.41) is 4.55. The van der Waals surface area contributed by atoms with Gasteiger partial charge in [0, 0.05) is 56.1 Å². The molecule has 30 heavy (non-hydrogen) atoms. The third kappa shape index (κ3) is 4.52. The van der Waals surface area contributed by atoms with E-state index >= 15 is 0 Å². The Kier molecular flexibility index (Phi) is 6.12. The van der Waals surface area contributed by atoms with Gasteiger partial charge in [-0.25, -0.2) is 15.3 Å². The van der Waals surface area contributed by atoms with Crippen LogP contribution in [0.15, 0.2) is 18.2 Å². The van der Waals surface area contributed by atoms with Gasteiger partial charge in [0.25, 0.3) is 0 Å². The minimum absolute atomic E-state index is 0.384. The molecule has 4 rings (SSSR count). The monoisotopic (exact) mass is 406 g/mol. The van der Waals surface area contributed by atoms with Crippen LogP contribution in [0.1, 0.15) is 49.1 Å². The normalized spacial score (nSPS) is 19.8. The maximum absolute atomic E-state index is 5.20. The lowest BCUT2D eigenvalue weighted by molar-refractivity contribution is 0.111. The molecule has 1 aromatic heterocycles. The van der Waals surface area contributed by atoms with E-state index in [0.717, 1.165) is 63.1 Å². The standard InChI is InChI=1S/C25H36N5/c1-18-8-6-9-19(2)22(18)23-27-20(3)21(16-29-13-7-10-25(4,5)17-29)24(28-23)30-14-11-26-12-15-30/h6,8-9H,7,10-17H2,1-5H3. The molecule has 0 atom stereocenters. The summed E-state index contributed by atoms with van der Waals surface area (Å²) in [6.45, 7) is 18.2. The number of piperazine rings is 1. The van der Waals surface area contributed by atoms with Gasteiger partial charge in [-0.3, -0.25) is 4.90 Å². The second-order valence-electron chi connectivity index (χ2n) is 9.84. The largest absolute Gasteiger partial charge is 0.354 e. The highest BCUT2D eigenvalue weighted by atomic mass is 15.2. The number of aryl methyl sites for hydroxylation is 3. The van der Waals surface area contributed by atoms with Gasteiger partial charge in [0.1, 0.15) is 5.82 Å². The van der Waals surface area contributed by atoms with Crippen LogP contribution in [0.25, 0.3) is 11.4 Å². The summed E-state index contributed by atoms with van der Waals surface area (Å²) < 4.78 is 0. The number of aromatic nitrogens is 2. The molecule has 2 aliphatic rings. The number of piperidine rings is 1. The molecule has 0 spiro atoms. The van der Waals surface area contributed by atoms with Crippen molar-refractivity contribution in [3.05, 3.63) is 40.6 Å². The first-order chi connectivity index (χ1) is 14.3. The van der Waals surface area contributed by atoms with E-state index in [9.17, 15) is 0 Å². The van der Waals surface area contributed by atoms with Crippen molar-refractivity contribution in [1.82, 2.24) is 20.2 Å². The second-order valence-corrected chi connectivity index (χ2v) is 9.84. The van der Waals surface area contributed by atoms with Crippen LogP contribution in [-0.2, 0) is 6.54 Å². The average Bonchev–Trinajstić information content (AvgIpc) is 2.69. The Bertz CT molecular complexity index is 878. The maximum Gasteiger partial charge on any atom is 0.162 e. The molecular formula is C25H36N5. The summed E-state index contributed by atoms with van der Waals surface area (Å²) >= 11 is 0. The number of hydrogen-bond donors (Lipinski definition) is 0. The molecule has 2 aliphatic heterocycles. The van der Waals surface area contributed by atoms with Crippen molar-refractivity contribution in [3.63, 3.8) is 0 Å². The summed E-state index contributed by atoms with van der Waals surface area (Å²) in [7, 11) is 0. The molecule has 0 saturated carbocycles. The van der Waals surface area contributed by atoms with E-state index in [0.29, 0.717) is 5.41 Å². The molecule has 2 aromatic rings. The molecule has 0 bridgehead atoms. The molecule has 2 fully saturated rings. The molecule has 5 nitrogen and oxygen atoms in total. The van der Waals surface area contributed by atoms with Gasteiger partial charge in [0.05, 0.1) is 0 Å². The van der Waals surface area contributed by atoms with Gasteiger partial charge in [-0.05, 0) is 56.7 Å². The van der Waals surface area contributed by atoms with Crippen LogP contribution in [0, 0.1) is 26.2 Å². The average molecular weight is 407 g/mol. The van der Waals surface area contributed by atoms with E-state index in [1.807, 2.05) is 0 Å². The predicted molar refractivity (Wildman–Crippen MR) is 124 cm³/mol. The molecule has 2 saturated heterocycles. The van der Waals surface area contributed by atoms with Crippen molar-refractivity contribution in [3.8, 4) is 11.4 Å². The Balaban J connectivity index is 1.75. The van der Waals surface area contributed by atoms with Gasteiger partial charge in [0.15, 0.2) is 5.82 Å². The first-order valence-corrected chi connectivity index (χ1v) is 11.4. The van der Waals surface area contributed by atoms with E-state index in [-0.39, 0.29) is 0 Å². The first-order valence-electron chi connectivity index (χ1n) is 11.4. The fourth-order valence-electron chi connectivity index (χ4n) is 5.03. The number of nitrogens with zero attached hydrogens (tertiary/aromatic N) is 5. The Morgan fingerprint density at radius 1 is 0.967 bits per heavy atom. The SMILES string of the molecule is Cc1cccc(C)c1-c1nc(C)c(CN2CCCC(C)(C)C2)c(N2CC[N]CC2)n1. The number of rotatable bonds is 4. The van der Waals surface area contributed by atoms with E-state index in [2.05, 4.69) is 67.9 Å². The van der Waals surface area contributed by atoms with Gasteiger partial charge >= 0.3 is 0 Å². The lowest BCUT2D eigenvalue weighted by atomic mass is 9.84. The summed E-state index contributed by atoms with van der Waals surface area (Å²) in [5.74, 6) is 1.99. The summed E-state index contributed by atoms with van der Waals surface area (Å²) in [4.78, 5) is 15.3. The third-order valence-electron chi connectivity index (χ3n) is 6.61. The van der Waals surface area contributed by atoms with Crippen LogP contribution in [-0.4, -0.2) is 54.1 Å². The maximum atomic E-state index is 5.20. The second kappa shape index (κ2) is 8.64. The fraction of sp³-hybridized carbons (Fsp3) is 0.600. The van der Waals surface area contributed by atoms with Crippen molar-refractivity contribution < 1.29 is 0 Å². The number of benzene rings is 1. The van der Waals surface area contributed by atoms with Gasteiger partial charge in [0.2, 0.25) is 0 Å². The zero-order valence-corrected chi connectivity index (χ0v) is 19.3. The van der Waals surface area contributed by atoms with Crippen molar-refractivity contribution in [1.29, 1.82) is 0 Å². The number of anilines is 1. The van der Waals surface area contributed by atoms with Gasteiger partial charge < -0.3 is 4.90 Å². The fourth-order valence-corrected chi connectivity index (χ4v) is 5.03. The molecule has 0 aliphatic carbocycles. The van der Waals surface area contributed by atoms with Crippen LogP contribution < -0.4 is 10.2 Å². The molecule has 1 aromatic carbocycles. The van der Waals surface area contributed by atoms with Gasteiger partial charge in [-0.2, -0.15) is 0 Å². The smallest absolute Gasteiger partial charge is 0.162 e. The van der Waals surface area contributed by atoms with E-state index < -0.39 is 0 Å². The highest BCUT2D eigenvalue weighted by Gasteiger charge is 2.29. The highest BCUT2D eigenvalue weighted by Crippen LogP contribution is 2.33. The van der Waals surface area contributed by atoms with Crippen LogP contribution in [0.3, 0.4) is 0 Å². The third-order valence-corrected chi connectivity index (χ3v) is 6.61. The zero-order chi connectivity index (χ0) is 21.3. The predicted octanol–water partition coefficient (Wildman–Crippen LogP) is 4.12. The van der Waals surface area contributed by atoms with Crippen LogP contribution >= 0.6 is 0 Å². The summed E-state index contributed by atoms with van der Waals surface area (Å²) in [6, 6.07) is 6.43. The lowest BCUT2D eigenvalue weighted by Crippen LogP contribution is -2.43. The summed E-state index contributed by atoms with van der Waals surface area (Å²) in [6.07, 6.45) is 2.58. The highest BCUT2D eigenvalue weighted by molar-refractivity contribution is 5.67. The summed E-state index contributed by atoms with van der Waals surface area (Å²) in [5.41, 5.74) is 6.44. The van der Waals surface area contributed by atoms with E-state index in [1.54, 1.807) is 0 Å². The minimum Gasteiger partial charge on any atom is -0.354 e.